The molecule has 33 heavy (non-hydrogen) atoms. The van der Waals surface area contributed by atoms with E-state index < -0.39 is 11.8 Å². The molecule has 12 heteroatoms. The van der Waals surface area contributed by atoms with Gasteiger partial charge in [0.1, 0.15) is 5.69 Å². The Bertz CT molecular complexity index is 1030. The van der Waals surface area contributed by atoms with Crippen LogP contribution in [-0.4, -0.2) is 62.1 Å². The van der Waals surface area contributed by atoms with Crippen molar-refractivity contribution in [3.05, 3.63) is 35.9 Å². The van der Waals surface area contributed by atoms with Gasteiger partial charge in [0.15, 0.2) is 5.69 Å². The lowest BCUT2D eigenvalue weighted by molar-refractivity contribution is 0.0957. The number of fused-ring (bicyclic) bond motifs is 1. The molecule has 1 aliphatic rings. The number of nitrogens with one attached hydrogen (secondary N) is 2. The van der Waals surface area contributed by atoms with E-state index in [1.165, 1.54) is 67.2 Å². The molecule has 5 N–H and O–H groups in total. The minimum atomic E-state index is -0.494. The average molecular weight is 463 g/mol. The molecule has 0 unspecified atom stereocenters. The van der Waals surface area contributed by atoms with E-state index in [1.807, 2.05) is 0 Å². The Kier molecular flexibility index (Phi) is 10.2. The van der Waals surface area contributed by atoms with Crippen molar-refractivity contribution in [1.82, 2.24) is 29.7 Å². The normalized spacial score (nSPS) is 12.7. The predicted octanol–water partition coefficient (Wildman–Crippen LogP) is 2.04. The molecule has 0 aromatic carbocycles. The van der Waals surface area contributed by atoms with E-state index in [9.17, 15) is 14.0 Å². The van der Waals surface area contributed by atoms with Crippen LogP contribution in [0.4, 0.5) is 16.0 Å². The summed E-state index contributed by atoms with van der Waals surface area (Å²) in [6, 6.07) is 3.24. The van der Waals surface area contributed by atoms with Gasteiger partial charge in [0.25, 0.3) is 11.8 Å². The minimum Gasteiger partial charge on any atom is -0.394 e. The second-order valence-corrected chi connectivity index (χ2v) is 7.20. The molecule has 3 aromatic rings. The second kappa shape index (κ2) is 13.1. The summed E-state index contributed by atoms with van der Waals surface area (Å²) >= 11 is 0. The third kappa shape index (κ3) is 6.97. The Morgan fingerprint density at radius 3 is 2.30 bits per heavy atom. The van der Waals surface area contributed by atoms with Crippen LogP contribution in [0.15, 0.2) is 24.5 Å². The van der Waals surface area contributed by atoms with Crippen molar-refractivity contribution >= 4 is 29.0 Å². The molecule has 180 valence electrons. The molecule has 0 spiro atoms. The molecule has 0 atom stereocenters. The third-order valence-corrected chi connectivity index (χ3v) is 4.93. The molecular weight excluding hydrogens is 431 g/mol. The number of hydrogen-bond donors (Lipinski definition) is 4. The number of amides is 2. The summed E-state index contributed by atoms with van der Waals surface area (Å²) in [7, 11) is 1.96. The van der Waals surface area contributed by atoms with E-state index in [0.29, 0.717) is 12.7 Å². The number of aromatic nitrogens is 5. The first-order valence-electron chi connectivity index (χ1n) is 10.7. The Morgan fingerprint density at radius 1 is 1.09 bits per heavy atom. The zero-order valence-electron chi connectivity index (χ0n) is 18.9. The van der Waals surface area contributed by atoms with Crippen LogP contribution >= 0.6 is 0 Å². The summed E-state index contributed by atoms with van der Waals surface area (Å²) in [6.07, 6.45) is 12.0. The van der Waals surface area contributed by atoms with Crippen molar-refractivity contribution in [2.75, 3.05) is 31.9 Å². The van der Waals surface area contributed by atoms with Crippen LogP contribution in [-0.2, 0) is 6.54 Å². The van der Waals surface area contributed by atoms with Gasteiger partial charge < -0.3 is 21.5 Å². The summed E-state index contributed by atoms with van der Waals surface area (Å²) in [5.41, 5.74) is 6.64. The molecule has 0 radical (unpaired) electrons. The Morgan fingerprint density at radius 2 is 1.73 bits per heavy atom. The highest BCUT2D eigenvalue weighted by atomic mass is 19.1. The van der Waals surface area contributed by atoms with Crippen molar-refractivity contribution in [2.45, 2.75) is 45.1 Å². The Labute approximate surface area is 191 Å². The molecule has 1 aliphatic carbocycles. The second-order valence-electron chi connectivity index (χ2n) is 7.20. The number of alkyl halides is 1. The van der Waals surface area contributed by atoms with Gasteiger partial charge in [-0.1, -0.05) is 38.5 Å². The molecule has 1 saturated carbocycles. The number of nitrogen functional groups attached to an aromatic ring is 1. The lowest BCUT2D eigenvalue weighted by atomic mass is 10.0. The number of aliphatic hydroxyl groups excluding tert-OH is 1. The number of nitrogens with zero attached hydrogens (tertiary/aromatic N) is 5. The highest BCUT2D eigenvalue weighted by molar-refractivity contribution is 6.07. The summed E-state index contributed by atoms with van der Waals surface area (Å²) in [4.78, 5) is 28.4. The molecule has 2 amide bonds. The van der Waals surface area contributed by atoms with Gasteiger partial charge in [0, 0.05) is 13.2 Å². The number of rotatable bonds is 5. The Balaban J connectivity index is 0.000000411. The highest BCUT2D eigenvalue weighted by Crippen LogP contribution is 2.17. The summed E-state index contributed by atoms with van der Waals surface area (Å²) < 4.78 is 12.2. The number of carbonyl (C=O) groups excluding carboxylic acids is 2. The third-order valence-electron chi connectivity index (χ3n) is 4.93. The maximum atomic E-state index is 12.6. The largest absolute Gasteiger partial charge is 0.394 e. The SMILES string of the molecule is C1CCCCC1.CF.CNC(=O)c1nn(CCO)cc1NC(=O)c1ccc2cnc(N)nn12. The molecule has 0 bridgehead atoms. The van der Waals surface area contributed by atoms with E-state index in [4.69, 9.17) is 10.8 Å². The standard InChI is InChI=1S/C14H16N8O3.C6H12.CH3F/c1-16-13(25)11-9(7-21(19-11)4-5-23)18-12(24)10-3-2-8-6-17-14(15)20-22(8)10;1-2-4-6-5-3-1;1-2/h2-3,6-7,23H,4-5H2,1H3,(H2,15,20)(H,16,25)(H,18,24);1-6H2;1H3. The topological polar surface area (TPSA) is 152 Å². The van der Waals surface area contributed by atoms with Gasteiger partial charge in [0.2, 0.25) is 5.95 Å². The van der Waals surface area contributed by atoms with Gasteiger partial charge >= 0.3 is 0 Å². The molecular formula is C21H31FN8O3. The van der Waals surface area contributed by atoms with E-state index in [2.05, 4.69) is 25.8 Å². The zero-order valence-corrected chi connectivity index (χ0v) is 18.9. The lowest BCUT2D eigenvalue weighted by Gasteiger charge is -2.05. The van der Waals surface area contributed by atoms with Crippen molar-refractivity contribution in [2.24, 2.45) is 0 Å². The van der Waals surface area contributed by atoms with Crippen molar-refractivity contribution in [3.63, 3.8) is 0 Å². The molecule has 3 aromatic heterocycles. The molecule has 11 nitrogen and oxygen atoms in total. The maximum absolute atomic E-state index is 12.6. The number of anilines is 2. The van der Waals surface area contributed by atoms with Crippen molar-refractivity contribution < 1.29 is 19.1 Å². The van der Waals surface area contributed by atoms with Crippen LogP contribution in [0, 0.1) is 0 Å². The average Bonchev–Trinajstić information content (AvgIpc) is 3.45. The minimum absolute atomic E-state index is 0.0274. The van der Waals surface area contributed by atoms with E-state index in [-0.39, 0.29) is 36.2 Å². The summed E-state index contributed by atoms with van der Waals surface area (Å²) in [5.74, 6) is -0.926. The van der Waals surface area contributed by atoms with Gasteiger partial charge in [0.05, 0.1) is 37.7 Å². The van der Waals surface area contributed by atoms with Gasteiger partial charge in [-0.2, -0.15) is 5.10 Å². The summed E-state index contributed by atoms with van der Waals surface area (Å²) in [5, 5.41) is 22.2. The number of nitrogens with two attached hydrogens (primary N) is 1. The molecule has 1 fully saturated rings. The van der Waals surface area contributed by atoms with Crippen molar-refractivity contribution in [3.8, 4) is 0 Å². The highest BCUT2D eigenvalue weighted by Gasteiger charge is 2.20. The van der Waals surface area contributed by atoms with Crippen LogP contribution < -0.4 is 16.4 Å². The number of carbonyl (C=O) groups is 2. The van der Waals surface area contributed by atoms with Crippen LogP contribution in [0.5, 0.6) is 0 Å². The number of hydrogen-bond acceptors (Lipinski definition) is 7. The van der Waals surface area contributed by atoms with Crippen LogP contribution in [0.25, 0.3) is 5.52 Å². The van der Waals surface area contributed by atoms with Crippen LogP contribution in [0.2, 0.25) is 0 Å². The fraction of sp³-hybridized carbons (Fsp3) is 0.476. The lowest BCUT2D eigenvalue weighted by Crippen LogP contribution is -2.22. The number of aliphatic hydroxyl groups is 1. The van der Waals surface area contributed by atoms with Crippen molar-refractivity contribution in [1.29, 1.82) is 0 Å². The smallest absolute Gasteiger partial charge is 0.274 e. The fourth-order valence-electron chi connectivity index (χ4n) is 3.35. The van der Waals surface area contributed by atoms with Crippen LogP contribution in [0.3, 0.4) is 0 Å². The predicted molar refractivity (Wildman–Crippen MR) is 123 cm³/mol. The Hall–Kier alpha value is -3.54. The first kappa shape index (κ1) is 25.7. The zero-order chi connectivity index (χ0) is 24.2. The van der Waals surface area contributed by atoms with Crippen LogP contribution in [0.1, 0.15) is 59.5 Å². The monoisotopic (exact) mass is 462 g/mol. The first-order valence-corrected chi connectivity index (χ1v) is 10.7. The van der Waals surface area contributed by atoms with Gasteiger partial charge in [-0.3, -0.25) is 18.7 Å². The first-order chi connectivity index (χ1) is 16.0. The maximum Gasteiger partial charge on any atom is 0.274 e. The molecule has 3 heterocycles. The van der Waals surface area contributed by atoms with Gasteiger partial charge in [-0.25, -0.2) is 9.50 Å². The quantitative estimate of drug-likeness (QED) is 0.453. The molecule has 4 rings (SSSR count). The molecule has 0 saturated heterocycles. The number of halogens is 1. The van der Waals surface area contributed by atoms with E-state index in [1.54, 1.807) is 12.1 Å². The van der Waals surface area contributed by atoms with E-state index >= 15 is 0 Å². The van der Waals surface area contributed by atoms with Gasteiger partial charge in [-0.05, 0) is 12.1 Å². The molecule has 0 aliphatic heterocycles. The fourth-order valence-corrected chi connectivity index (χ4v) is 3.35. The van der Waals surface area contributed by atoms with E-state index in [0.717, 1.165) is 0 Å². The summed E-state index contributed by atoms with van der Waals surface area (Å²) in [6.45, 7) is 0.0411. The van der Waals surface area contributed by atoms with Gasteiger partial charge in [-0.15, -0.1) is 5.10 Å².